The zero-order chi connectivity index (χ0) is 13.0. The number of para-hydroxylation sites is 1. The summed E-state index contributed by atoms with van der Waals surface area (Å²) < 4.78 is 7.31. The molecule has 0 saturated carbocycles. The normalized spacial score (nSPS) is 10.1. The fourth-order valence-electron chi connectivity index (χ4n) is 1.46. The van der Waals surface area contributed by atoms with Crippen LogP contribution in [0, 0.1) is 0 Å². The van der Waals surface area contributed by atoms with Crippen LogP contribution in [0.3, 0.4) is 0 Å². The molecule has 92 valence electrons. The first-order chi connectivity index (χ1) is 8.70. The van der Waals surface area contributed by atoms with Crippen LogP contribution in [-0.2, 0) is 6.61 Å². The fraction of sp³-hybridized carbons (Fsp3) is 0.0769. The van der Waals surface area contributed by atoms with Crippen molar-refractivity contribution >= 4 is 38.1 Å². The average Bonchev–Trinajstić information content (AvgIpc) is 2.37. The topological polar surface area (TPSA) is 39.2 Å². The van der Waals surface area contributed by atoms with E-state index in [0.29, 0.717) is 17.9 Å². The standard InChI is InChI=1S/C13H9Br2NO2/c14-11-4-9(5-16-6-11)8-18-13-10(7-17)2-1-3-12(13)15/h1-7H,8H2. The second-order valence-corrected chi connectivity index (χ2v) is 5.35. The summed E-state index contributed by atoms with van der Waals surface area (Å²) in [6, 6.07) is 7.26. The molecule has 0 aliphatic heterocycles. The van der Waals surface area contributed by atoms with E-state index in [1.807, 2.05) is 12.1 Å². The molecule has 0 atom stereocenters. The Morgan fingerprint density at radius 3 is 2.83 bits per heavy atom. The number of aldehydes is 1. The number of hydrogen-bond acceptors (Lipinski definition) is 3. The van der Waals surface area contributed by atoms with Crippen molar-refractivity contribution < 1.29 is 9.53 Å². The van der Waals surface area contributed by atoms with Gasteiger partial charge in [-0.3, -0.25) is 9.78 Å². The summed E-state index contributed by atoms with van der Waals surface area (Å²) in [6.07, 6.45) is 4.21. The lowest BCUT2D eigenvalue weighted by molar-refractivity contribution is 0.111. The Hall–Kier alpha value is -1.20. The number of rotatable bonds is 4. The first-order valence-corrected chi connectivity index (χ1v) is 6.75. The van der Waals surface area contributed by atoms with Crippen LogP contribution in [0.1, 0.15) is 15.9 Å². The number of halogens is 2. The molecule has 0 N–H and O–H groups in total. The number of ether oxygens (including phenoxy) is 1. The van der Waals surface area contributed by atoms with Gasteiger partial charge in [0.25, 0.3) is 0 Å². The van der Waals surface area contributed by atoms with Gasteiger partial charge in [0, 0.05) is 22.4 Å². The second kappa shape index (κ2) is 6.11. The molecule has 5 heteroatoms. The summed E-state index contributed by atoms with van der Waals surface area (Å²) in [5.41, 5.74) is 1.45. The number of carbonyl (C=O) groups is 1. The maximum absolute atomic E-state index is 10.9. The number of benzene rings is 1. The van der Waals surface area contributed by atoms with Gasteiger partial charge in [-0.15, -0.1) is 0 Å². The lowest BCUT2D eigenvalue weighted by Gasteiger charge is -2.10. The molecule has 1 aromatic heterocycles. The predicted molar refractivity (Wildman–Crippen MR) is 75.8 cm³/mol. The van der Waals surface area contributed by atoms with Gasteiger partial charge in [-0.05, 0) is 50.1 Å². The molecule has 0 saturated heterocycles. The van der Waals surface area contributed by atoms with E-state index in [2.05, 4.69) is 36.8 Å². The number of carbonyl (C=O) groups excluding carboxylic acids is 1. The van der Waals surface area contributed by atoms with E-state index < -0.39 is 0 Å². The summed E-state index contributed by atoms with van der Waals surface area (Å²) in [7, 11) is 0. The Balaban J connectivity index is 2.18. The molecule has 0 bridgehead atoms. The minimum Gasteiger partial charge on any atom is -0.487 e. The molecule has 1 heterocycles. The Labute approximate surface area is 121 Å². The van der Waals surface area contributed by atoms with E-state index in [1.54, 1.807) is 24.5 Å². The van der Waals surface area contributed by atoms with Crippen LogP contribution in [0.15, 0.2) is 45.6 Å². The highest BCUT2D eigenvalue weighted by Crippen LogP contribution is 2.28. The Kier molecular flexibility index (Phi) is 4.49. The van der Waals surface area contributed by atoms with Crippen molar-refractivity contribution in [3.05, 3.63) is 56.7 Å². The van der Waals surface area contributed by atoms with Gasteiger partial charge in [-0.2, -0.15) is 0 Å². The Morgan fingerprint density at radius 2 is 2.11 bits per heavy atom. The van der Waals surface area contributed by atoms with Crippen LogP contribution >= 0.6 is 31.9 Å². The molecule has 0 aliphatic rings. The van der Waals surface area contributed by atoms with Gasteiger partial charge in [0.15, 0.2) is 6.29 Å². The zero-order valence-corrected chi connectivity index (χ0v) is 12.4. The Bertz CT molecular complexity index is 573. The molecule has 0 radical (unpaired) electrons. The summed E-state index contributed by atoms with van der Waals surface area (Å²) in [4.78, 5) is 15.0. The molecule has 2 rings (SSSR count). The molecular weight excluding hydrogens is 362 g/mol. The van der Waals surface area contributed by atoms with Crippen molar-refractivity contribution in [2.45, 2.75) is 6.61 Å². The van der Waals surface area contributed by atoms with E-state index >= 15 is 0 Å². The van der Waals surface area contributed by atoms with Gasteiger partial charge in [0.05, 0.1) is 10.0 Å². The van der Waals surface area contributed by atoms with Crippen LogP contribution < -0.4 is 4.74 Å². The van der Waals surface area contributed by atoms with Crippen molar-refractivity contribution in [3.63, 3.8) is 0 Å². The molecule has 1 aromatic carbocycles. The SMILES string of the molecule is O=Cc1cccc(Br)c1OCc1cncc(Br)c1. The van der Waals surface area contributed by atoms with Crippen LogP contribution in [0.2, 0.25) is 0 Å². The van der Waals surface area contributed by atoms with Crippen molar-refractivity contribution in [2.24, 2.45) is 0 Å². The lowest BCUT2D eigenvalue weighted by Crippen LogP contribution is -1.99. The molecule has 0 unspecified atom stereocenters. The second-order valence-electron chi connectivity index (χ2n) is 3.58. The third kappa shape index (κ3) is 3.17. The summed E-state index contributed by atoms with van der Waals surface area (Å²) in [5, 5.41) is 0. The highest BCUT2D eigenvalue weighted by atomic mass is 79.9. The third-order valence-electron chi connectivity index (χ3n) is 2.27. The van der Waals surface area contributed by atoms with Crippen LogP contribution in [0.25, 0.3) is 0 Å². The zero-order valence-electron chi connectivity index (χ0n) is 9.27. The molecule has 0 amide bonds. The number of pyridine rings is 1. The molecule has 2 aromatic rings. The first-order valence-electron chi connectivity index (χ1n) is 5.16. The Morgan fingerprint density at radius 1 is 1.28 bits per heavy atom. The maximum atomic E-state index is 10.9. The van der Waals surface area contributed by atoms with Gasteiger partial charge < -0.3 is 4.74 Å². The molecule has 18 heavy (non-hydrogen) atoms. The van der Waals surface area contributed by atoms with Crippen molar-refractivity contribution in [1.82, 2.24) is 4.98 Å². The highest BCUT2D eigenvalue weighted by Gasteiger charge is 2.07. The van der Waals surface area contributed by atoms with Gasteiger partial charge >= 0.3 is 0 Å². The predicted octanol–water partition coefficient (Wildman–Crippen LogP) is 4.00. The van der Waals surface area contributed by atoms with E-state index in [1.165, 1.54) is 0 Å². The lowest BCUT2D eigenvalue weighted by atomic mass is 10.2. The number of aromatic nitrogens is 1. The fourth-order valence-corrected chi connectivity index (χ4v) is 2.37. The summed E-state index contributed by atoms with van der Waals surface area (Å²) in [6.45, 7) is 0.357. The minimum atomic E-state index is 0.357. The van der Waals surface area contributed by atoms with Crippen LogP contribution in [0.5, 0.6) is 5.75 Å². The number of nitrogens with zero attached hydrogens (tertiary/aromatic N) is 1. The monoisotopic (exact) mass is 369 g/mol. The molecule has 0 fully saturated rings. The quantitative estimate of drug-likeness (QED) is 0.763. The number of hydrogen-bond donors (Lipinski definition) is 0. The van der Waals surface area contributed by atoms with E-state index in [9.17, 15) is 4.79 Å². The summed E-state index contributed by atoms with van der Waals surface area (Å²) >= 11 is 6.71. The molecule has 0 spiro atoms. The first kappa shape index (κ1) is 13.2. The van der Waals surface area contributed by atoms with Crippen molar-refractivity contribution in [2.75, 3.05) is 0 Å². The van der Waals surface area contributed by atoms with Gasteiger partial charge in [-0.1, -0.05) is 6.07 Å². The van der Waals surface area contributed by atoms with Crippen LogP contribution in [0.4, 0.5) is 0 Å². The highest BCUT2D eigenvalue weighted by molar-refractivity contribution is 9.10. The van der Waals surface area contributed by atoms with Crippen molar-refractivity contribution in [3.8, 4) is 5.75 Å². The largest absolute Gasteiger partial charge is 0.487 e. The molecular formula is C13H9Br2NO2. The maximum Gasteiger partial charge on any atom is 0.153 e. The van der Waals surface area contributed by atoms with Gasteiger partial charge in [0.1, 0.15) is 12.4 Å². The molecule has 0 aliphatic carbocycles. The van der Waals surface area contributed by atoms with E-state index in [0.717, 1.165) is 20.8 Å². The molecule has 3 nitrogen and oxygen atoms in total. The minimum absolute atomic E-state index is 0.357. The third-order valence-corrected chi connectivity index (χ3v) is 3.33. The van der Waals surface area contributed by atoms with Gasteiger partial charge in [-0.25, -0.2) is 0 Å². The summed E-state index contributed by atoms with van der Waals surface area (Å²) in [5.74, 6) is 0.549. The van der Waals surface area contributed by atoms with Crippen molar-refractivity contribution in [1.29, 1.82) is 0 Å². The average molecular weight is 371 g/mol. The van der Waals surface area contributed by atoms with E-state index in [-0.39, 0.29) is 0 Å². The van der Waals surface area contributed by atoms with Crippen LogP contribution in [-0.4, -0.2) is 11.3 Å². The van der Waals surface area contributed by atoms with Gasteiger partial charge in [0.2, 0.25) is 0 Å². The van der Waals surface area contributed by atoms with E-state index in [4.69, 9.17) is 4.74 Å². The smallest absolute Gasteiger partial charge is 0.153 e.